The molecule has 8 heteroatoms. The maximum Gasteiger partial charge on any atom is 0.259 e. The molecule has 1 saturated heterocycles. The number of likely N-dealkylation sites (tertiary alicyclic amines) is 1. The molecule has 2 aromatic heterocycles. The van der Waals surface area contributed by atoms with Gasteiger partial charge in [-0.2, -0.15) is 0 Å². The molecule has 0 unspecified atom stereocenters. The average Bonchev–Trinajstić information content (AvgIpc) is 2.68. The maximum absolute atomic E-state index is 12.9. The van der Waals surface area contributed by atoms with Crippen LogP contribution in [0.25, 0.3) is 0 Å². The zero-order valence-corrected chi connectivity index (χ0v) is 16.2. The van der Waals surface area contributed by atoms with E-state index in [1.807, 2.05) is 24.9 Å². The van der Waals surface area contributed by atoms with Crippen molar-refractivity contribution in [3.05, 3.63) is 46.3 Å². The third kappa shape index (κ3) is 3.94. The first-order valence-electron chi connectivity index (χ1n) is 8.96. The molecule has 1 aliphatic heterocycles. The summed E-state index contributed by atoms with van der Waals surface area (Å²) in [6.07, 6.45) is 4.82. The molecule has 144 valence electrons. The molecule has 0 radical (unpaired) electrons. The number of rotatable bonds is 4. The molecular weight excluding hydrogens is 346 g/mol. The standard InChI is InChI=1S/C19H25N5O3/c1-13-9-17(21-12-20-13)23(3)14-5-7-24(8-6-14)19(26)15-11-22(2)18(25)10-16(15)27-4/h9-12,14H,5-8H2,1-4H3. The van der Waals surface area contributed by atoms with Crippen LogP contribution in [-0.2, 0) is 7.05 Å². The Morgan fingerprint density at radius 3 is 2.59 bits per heavy atom. The van der Waals surface area contributed by atoms with Gasteiger partial charge in [-0.3, -0.25) is 9.59 Å². The van der Waals surface area contributed by atoms with Gasteiger partial charge < -0.3 is 19.1 Å². The molecule has 3 heterocycles. The molecule has 0 N–H and O–H groups in total. The lowest BCUT2D eigenvalue weighted by Crippen LogP contribution is -2.46. The lowest BCUT2D eigenvalue weighted by atomic mass is 10.0. The molecule has 0 aromatic carbocycles. The van der Waals surface area contributed by atoms with Gasteiger partial charge in [0.25, 0.3) is 11.5 Å². The number of hydrogen-bond acceptors (Lipinski definition) is 6. The van der Waals surface area contributed by atoms with Gasteiger partial charge in [0.1, 0.15) is 17.9 Å². The van der Waals surface area contributed by atoms with Crippen LogP contribution in [0, 0.1) is 6.92 Å². The van der Waals surface area contributed by atoms with E-state index < -0.39 is 0 Å². The Hall–Kier alpha value is -2.90. The van der Waals surface area contributed by atoms with E-state index in [0.29, 0.717) is 30.4 Å². The minimum absolute atomic E-state index is 0.110. The lowest BCUT2D eigenvalue weighted by Gasteiger charge is -2.37. The van der Waals surface area contributed by atoms with Crippen molar-refractivity contribution in [2.24, 2.45) is 7.05 Å². The second-order valence-electron chi connectivity index (χ2n) is 6.86. The fourth-order valence-electron chi connectivity index (χ4n) is 3.39. The third-order valence-electron chi connectivity index (χ3n) is 5.09. The number of aromatic nitrogens is 3. The van der Waals surface area contributed by atoms with Gasteiger partial charge in [-0.15, -0.1) is 0 Å². The quantitative estimate of drug-likeness (QED) is 0.804. The summed E-state index contributed by atoms with van der Waals surface area (Å²) < 4.78 is 6.63. The molecule has 0 atom stereocenters. The number of carbonyl (C=O) groups is 1. The summed E-state index contributed by atoms with van der Waals surface area (Å²) in [5.74, 6) is 1.10. The van der Waals surface area contributed by atoms with Gasteiger partial charge in [0.15, 0.2) is 0 Å². The zero-order valence-electron chi connectivity index (χ0n) is 16.2. The second-order valence-corrected chi connectivity index (χ2v) is 6.86. The van der Waals surface area contributed by atoms with Crippen molar-refractivity contribution in [1.82, 2.24) is 19.4 Å². The van der Waals surface area contributed by atoms with Gasteiger partial charge in [0.2, 0.25) is 0 Å². The van der Waals surface area contributed by atoms with Crippen molar-refractivity contribution >= 4 is 11.7 Å². The highest BCUT2D eigenvalue weighted by Crippen LogP contribution is 2.24. The fraction of sp³-hybridized carbons (Fsp3) is 0.474. The second kappa shape index (κ2) is 7.77. The molecule has 1 fully saturated rings. The number of hydrogen-bond donors (Lipinski definition) is 0. The van der Waals surface area contributed by atoms with Gasteiger partial charge >= 0.3 is 0 Å². The van der Waals surface area contributed by atoms with E-state index in [1.165, 1.54) is 17.7 Å². The number of amides is 1. The van der Waals surface area contributed by atoms with Crippen molar-refractivity contribution in [2.45, 2.75) is 25.8 Å². The fourth-order valence-corrected chi connectivity index (χ4v) is 3.39. The SMILES string of the molecule is COc1cc(=O)n(C)cc1C(=O)N1CCC(N(C)c2cc(C)ncn2)CC1. The highest BCUT2D eigenvalue weighted by Gasteiger charge is 2.28. The van der Waals surface area contributed by atoms with Crippen LogP contribution in [0.2, 0.25) is 0 Å². The Labute approximate surface area is 158 Å². The van der Waals surface area contributed by atoms with E-state index in [-0.39, 0.29) is 11.5 Å². The normalized spacial score (nSPS) is 14.9. The van der Waals surface area contributed by atoms with Crippen LogP contribution in [0.4, 0.5) is 5.82 Å². The molecule has 1 amide bonds. The number of pyridine rings is 1. The molecule has 8 nitrogen and oxygen atoms in total. The lowest BCUT2D eigenvalue weighted by molar-refractivity contribution is 0.0709. The van der Waals surface area contributed by atoms with Crippen molar-refractivity contribution in [3.63, 3.8) is 0 Å². The number of piperidine rings is 1. The van der Waals surface area contributed by atoms with E-state index in [2.05, 4.69) is 14.9 Å². The van der Waals surface area contributed by atoms with Crippen LogP contribution in [0.1, 0.15) is 28.9 Å². The predicted octanol–water partition coefficient (Wildman–Crippen LogP) is 1.23. The molecule has 3 rings (SSSR count). The van der Waals surface area contributed by atoms with E-state index in [4.69, 9.17) is 4.74 Å². The Kier molecular flexibility index (Phi) is 5.43. The first-order valence-corrected chi connectivity index (χ1v) is 8.96. The molecule has 0 aliphatic carbocycles. The number of methoxy groups -OCH3 is 1. The highest BCUT2D eigenvalue weighted by molar-refractivity contribution is 5.96. The van der Waals surface area contributed by atoms with Crippen LogP contribution in [-0.4, -0.2) is 58.6 Å². The summed E-state index contributed by atoms with van der Waals surface area (Å²) in [6, 6.07) is 3.63. The van der Waals surface area contributed by atoms with Crippen LogP contribution in [0.5, 0.6) is 5.75 Å². The molecule has 1 aliphatic rings. The van der Waals surface area contributed by atoms with Crippen LogP contribution in [0.3, 0.4) is 0 Å². The maximum atomic E-state index is 12.9. The number of carbonyl (C=O) groups excluding carboxylic acids is 1. The summed E-state index contributed by atoms with van der Waals surface area (Å²) in [6.45, 7) is 3.23. The molecule has 2 aromatic rings. The summed E-state index contributed by atoms with van der Waals surface area (Å²) in [7, 11) is 5.12. The van der Waals surface area contributed by atoms with Gasteiger partial charge in [-0.05, 0) is 19.8 Å². The molecule has 0 spiro atoms. The topological polar surface area (TPSA) is 80.6 Å². The first kappa shape index (κ1) is 18.9. The minimum atomic E-state index is -0.205. The van der Waals surface area contributed by atoms with Crippen molar-refractivity contribution in [1.29, 1.82) is 0 Å². The predicted molar refractivity (Wildman–Crippen MR) is 102 cm³/mol. The Balaban J connectivity index is 1.70. The zero-order chi connectivity index (χ0) is 19.6. The first-order chi connectivity index (χ1) is 12.9. The van der Waals surface area contributed by atoms with Crippen molar-refractivity contribution in [3.8, 4) is 5.75 Å². The monoisotopic (exact) mass is 371 g/mol. The Bertz CT molecular complexity index is 887. The third-order valence-corrected chi connectivity index (χ3v) is 5.09. The highest BCUT2D eigenvalue weighted by atomic mass is 16.5. The minimum Gasteiger partial charge on any atom is -0.496 e. The van der Waals surface area contributed by atoms with E-state index in [9.17, 15) is 9.59 Å². The van der Waals surface area contributed by atoms with E-state index in [0.717, 1.165) is 24.4 Å². The number of aryl methyl sites for hydroxylation is 2. The molecule has 0 saturated carbocycles. The van der Waals surface area contributed by atoms with Gasteiger partial charge in [-0.25, -0.2) is 9.97 Å². The van der Waals surface area contributed by atoms with Gasteiger partial charge in [-0.1, -0.05) is 0 Å². The summed E-state index contributed by atoms with van der Waals surface area (Å²) >= 11 is 0. The average molecular weight is 371 g/mol. The van der Waals surface area contributed by atoms with Crippen molar-refractivity contribution in [2.75, 3.05) is 32.1 Å². The van der Waals surface area contributed by atoms with Crippen LogP contribution >= 0.6 is 0 Å². The van der Waals surface area contributed by atoms with Crippen molar-refractivity contribution < 1.29 is 9.53 Å². The number of anilines is 1. The molecule has 0 bridgehead atoms. The van der Waals surface area contributed by atoms with Crippen LogP contribution in [0.15, 0.2) is 29.5 Å². The summed E-state index contributed by atoms with van der Waals surface area (Å²) in [5.41, 5.74) is 1.14. The van der Waals surface area contributed by atoms with E-state index in [1.54, 1.807) is 19.6 Å². The largest absolute Gasteiger partial charge is 0.496 e. The van der Waals surface area contributed by atoms with Crippen LogP contribution < -0.4 is 15.2 Å². The Morgan fingerprint density at radius 2 is 1.96 bits per heavy atom. The smallest absolute Gasteiger partial charge is 0.259 e. The number of ether oxygens (including phenoxy) is 1. The summed E-state index contributed by atoms with van der Waals surface area (Å²) in [4.78, 5) is 37.2. The summed E-state index contributed by atoms with van der Waals surface area (Å²) in [5, 5.41) is 0. The van der Waals surface area contributed by atoms with Gasteiger partial charge in [0.05, 0.1) is 12.7 Å². The Morgan fingerprint density at radius 1 is 1.26 bits per heavy atom. The molecular formula is C19H25N5O3. The van der Waals surface area contributed by atoms with Gasteiger partial charge in [0, 0.05) is 57.3 Å². The number of nitrogens with zero attached hydrogens (tertiary/aromatic N) is 5. The molecule has 27 heavy (non-hydrogen) atoms. The van der Waals surface area contributed by atoms with E-state index >= 15 is 0 Å².